The van der Waals surface area contributed by atoms with Gasteiger partial charge in [0.05, 0.1) is 13.2 Å². The lowest BCUT2D eigenvalue weighted by Gasteiger charge is -2.26. The van der Waals surface area contributed by atoms with Gasteiger partial charge in [0.25, 0.3) is 5.91 Å². The molecule has 40 heavy (non-hydrogen) atoms. The Balaban J connectivity index is 1.12. The normalized spacial score (nSPS) is 21.2. The molecule has 9 nitrogen and oxygen atoms in total. The van der Waals surface area contributed by atoms with Crippen molar-refractivity contribution in [2.75, 3.05) is 39.5 Å². The molecule has 212 valence electrons. The van der Waals surface area contributed by atoms with E-state index >= 15 is 0 Å². The van der Waals surface area contributed by atoms with E-state index in [0.717, 1.165) is 55.1 Å². The number of Topliss-reactive ketones (excluding diaryl/α,β-unsaturated/α-hetero) is 1. The number of imide groups is 1. The summed E-state index contributed by atoms with van der Waals surface area (Å²) in [5.41, 5.74) is 4.16. The Hall–Kier alpha value is -3.56. The first kappa shape index (κ1) is 28.0. The van der Waals surface area contributed by atoms with Crippen molar-refractivity contribution in [3.05, 3.63) is 64.2 Å². The first-order chi connectivity index (χ1) is 19.4. The van der Waals surface area contributed by atoms with Gasteiger partial charge in [-0.15, -0.1) is 0 Å². The maximum Gasteiger partial charge on any atom is 0.251 e. The molecule has 2 atom stereocenters. The van der Waals surface area contributed by atoms with Crippen LogP contribution in [0.2, 0.25) is 0 Å². The van der Waals surface area contributed by atoms with Crippen LogP contribution < -0.4 is 15.4 Å². The van der Waals surface area contributed by atoms with E-state index in [1.807, 2.05) is 31.2 Å². The smallest absolute Gasteiger partial charge is 0.251 e. The number of morpholine rings is 1. The number of amides is 3. The maximum absolute atomic E-state index is 12.9. The minimum Gasteiger partial charge on any atom is -0.492 e. The average Bonchev–Trinajstić information content (AvgIpc) is 3.27. The number of piperidine rings is 1. The molecule has 2 unspecified atom stereocenters. The molecular weight excluding hydrogens is 510 g/mol. The van der Waals surface area contributed by atoms with Gasteiger partial charge < -0.3 is 14.8 Å². The molecule has 2 saturated heterocycles. The number of rotatable bonds is 10. The van der Waals surface area contributed by atoms with Crippen LogP contribution in [-0.2, 0) is 27.3 Å². The topological polar surface area (TPSA) is 114 Å². The number of hydrogen-bond donors (Lipinski definition) is 2. The van der Waals surface area contributed by atoms with E-state index in [1.165, 1.54) is 0 Å². The zero-order chi connectivity index (χ0) is 28.1. The van der Waals surface area contributed by atoms with Crippen LogP contribution in [0.3, 0.4) is 0 Å². The summed E-state index contributed by atoms with van der Waals surface area (Å²) < 4.78 is 11.4. The lowest BCUT2D eigenvalue weighted by molar-refractivity contribution is -0.136. The van der Waals surface area contributed by atoms with Crippen molar-refractivity contribution in [3.63, 3.8) is 0 Å². The van der Waals surface area contributed by atoms with Crippen molar-refractivity contribution in [1.82, 2.24) is 15.5 Å². The minimum absolute atomic E-state index is 0.110. The average molecular weight is 548 g/mol. The van der Waals surface area contributed by atoms with Crippen LogP contribution in [0.5, 0.6) is 5.75 Å². The largest absolute Gasteiger partial charge is 0.492 e. The van der Waals surface area contributed by atoms with Gasteiger partial charge in [-0.05, 0) is 61.4 Å². The second-order valence-corrected chi connectivity index (χ2v) is 10.9. The molecular formula is C31H37N3O6. The third kappa shape index (κ3) is 6.77. The first-order valence-corrected chi connectivity index (χ1v) is 14.2. The SMILES string of the molecule is Cc1ccc(C(=O)NCc2ccc3c(c2)CC(CCC2CCC(=O)NC2=O)C3=O)cc1OCCN1CCOCC1. The molecule has 1 aliphatic carbocycles. The molecule has 0 spiro atoms. The molecule has 2 heterocycles. The van der Waals surface area contributed by atoms with Crippen molar-refractivity contribution in [3.8, 4) is 5.75 Å². The highest BCUT2D eigenvalue weighted by atomic mass is 16.5. The maximum atomic E-state index is 12.9. The van der Waals surface area contributed by atoms with Gasteiger partial charge >= 0.3 is 0 Å². The van der Waals surface area contributed by atoms with E-state index in [4.69, 9.17) is 9.47 Å². The molecule has 2 aromatic rings. The first-order valence-electron chi connectivity index (χ1n) is 14.2. The number of ketones is 1. The third-order valence-electron chi connectivity index (χ3n) is 8.16. The molecule has 0 radical (unpaired) electrons. The number of ether oxygens (including phenoxy) is 2. The van der Waals surface area contributed by atoms with E-state index in [1.54, 1.807) is 12.1 Å². The van der Waals surface area contributed by atoms with Crippen LogP contribution in [0.15, 0.2) is 36.4 Å². The predicted molar refractivity (Wildman–Crippen MR) is 148 cm³/mol. The summed E-state index contributed by atoms with van der Waals surface area (Å²) in [6, 6.07) is 11.2. The standard InChI is InChI=1S/C31H37N3O6/c1-20-2-4-24(18-27(20)40-15-12-34-10-13-39-14-11-34)30(37)32-19-21-3-8-26-25(16-21)17-23(29(26)36)6-5-22-7-9-28(35)33-31(22)38/h2-4,8,16,18,22-23H,5-7,9-15,17,19H2,1H3,(H,32,37)(H,33,35,38). The minimum atomic E-state index is -0.225. The van der Waals surface area contributed by atoms with E-state index in [9.17, 15) is 19.2 Å². The number of benzene rings is 2. The van der Waals surface area contributed by atoms with Gasteiger partial charge in [-0.1, -0.05) is 24.3 Å². The van der Waals surface area contributed by atoms with Gasteiger partial charge in [0.15, 0.2) is 5.78 Å². The number of nitrogens with one attached hydrogen (secondary N) is 2. The fourth-order valence-electron chi connectivity index (χ4n) is 5.68. The van der Waals surface area contributed by atoms with E-state index < -0.39 is 0 Å². The van der Waals surface area contributed by atoms with E-state index in [0.29, 0.717) is 56.6 Å². The monoisotopic (exact) mass is 547 g/mol. The van der Waals surface area contributed by atoms with Crippen LogP contribution in [0.1, 0.15) is 63.1 Å². The zero-order valence-electron chi connectivity index (χ0n) is 23.0. The zero-order valence-corrected chi connectivity index (χ0v) is 23.0. The van der Waals surface area contributed by atoms with Crippen LogP contribution in [0, 0.1) is 18.8 Å². The Kier molecular flexibility index (Phi) is 8.91. The van der Waals surface area contributed by atoms with Crippen LogP contribution in [-0.4, -0.2) is 67.9 Å². The Morgan fingerprint density at radius 1 is 1.07 bits per heavy atom. The molecule has 9 heteroatoms. The Morgan fingerprint density at radius 2 is 1.88 bits per heavy atom. The lowest BCUT2D eigenvalue weighted by Crippen LogP contribution is -2.40. The van der Waals surface area contributed by atoms with Gasteiger partial charge in [-0.3, -0.25) is 29.4 Å². The van der Waals surface area contributed by atoms with Gasteiger partial charge in [0, 0.05) is 55.6 Å². The Labute approximate surface area is 234 Å². The van der Waals surface area contributed by atoms with E-state index in [2.05, 4.69) is 15.5 Å². The summed E-state index contributed by atoms with van der Waals surface area (Å²) >= 11 is 0. The summed E-state index contributed by atoms with van der Waals surface area (Å²) in [4.78, 5) is 51.6. The summed E-state index contributed by atoms with van der Waals surface area (Å²) in [6.07, 6.45) is 2.76. The molecule has 0 bridgehead atoms. The summed E-state index contributed by atoms with van der Waals surface area (Å²) in [7, 11) is 0. The molecule has 3 amide bonds. The summed E-state index contributed by atoms with van der Waals surface area (Å²) in [5.74, 6) is -0.175. The van der Waals surface area contributed by atoms with Crippen molar-refractivity contribution in [2.24, 2.45) is 11.8 Å². The van der Waals surface area contributed by atoms with Crippen LogP contribution >= 0.6 is 0 Å². The fraction of sp³-hybridized carbons (Fsp3) is 0.484. The summed E-state index contributed by atoms with van der Waals surface area (Å²) in [6.45, 7) is 7.00. The van der Waals surface area contributed by atoms with Crippen molar-refractivity contribution < 1.29 is 28.7 Å². The molecule has 2 aromatic carbocycles. The molecule has 2 fully saturated rings. The molecule has 0 aromatic heterocycles. The second-order valence-electron chi connectivity index (χ2n) is 10.9. The van der Waals surface area contributed by atoms with E-state index in [-0.39, 0.29) is 35.3 Å². The van der Waals surface area contributed by atoms with Crippen molar-refractivity contribution in [2.45, 2.75) is 45.6 Å². The van der Waals surface area contributed by atoms with Gasteiger partial charge in [-0.2, -0.15) is 0 Å². The van der Waals surface area contributed by atoms with Crippen molar-refractivity contribution >= 4 is 23.5 Å². The van der Waals surface area contributed by atoms with Crippen molar-refractivity contribution in [1.29, 1.82) is 0 Å². The number of carbonyl (C=O) groups excluding carboxylic acids is 4. The highest BCUT2D eigenvalue weighted by Gasteiger charge is 2.33. The highest BCUT2D eigenvalue weighted by molar-refractivity contribution is 6.02. The van der Waals surface area contributed by atoms with Gasteiger partial charge in [0.1, 0.15) is 12.4 Å². The molecule has 2 aliphatic heterocycles. The predicted octanol–water partition coefficient (Wildman–Crippen LogP) is 2.82. The quantitative estimate of drug-likeness (QED) is 0.440. The Bertz CT molecular complexity index is 1290. The number of fused-ring (bicyclic) bond motifs is 1. The molecule has 3 aliphatic rings. The number of aryl methyl sites for hydroxylation is 1. The fourth-order valence-corrected chi connectivity index (χ4v) is 5.68. The summed E-state index contributed by atoms with van der Waals surface area (Å²) in [5, 5.41) is 5.38. The Morgan fingerprint density at radius 3 is 2.67 bits per heavy atom. The molecule has 0 saturated carbocycles. The number of hydrogen-bond acceptors (Lipinski definition) is 7. The third-order valence-corrected chi connectivity index (χ3v) is 8.16. The van der Waals surface area contributed by atoms with Crippen LogP contribution in [0.25, 0.3) is 0 Å². The van der Waals surface area contributed by atoms with Gasteiger partial charge in [-0.25, -0.2) is 0 Å². The second kappa shape index (κ2) is 12.7. The molecule has 2 N–H and O–H groups in total. The lowest BCUT2D eigenvalue weighted by atomic mass is 9.88. The number of nitrogens with zero attached hydrogens (tertiary/aromatic N) is 1. The number of carbonyl (C=O) groups is 4. The van der Waals surface area contributed by atoms with Crippen LogP contribution in [0.4, 0.5) is 0 Å². The highest BCUT2D eigenvalue weighted by Crippen LogP contribution is 2.32. The molecule has 5 rings (SSSR count). The van der Waals surface area contributed by atoms with Gasteiger partial charge in [0.2, 0.25) is 11.8 Å².